The average molecular weight is 306 g/mol. The second-order valence-corrected chi connectivity index (χ2v) is 6.90. The molecule has 0 spiro atoms. The first-order valence-corrected chi connectivity index (χ1v) is 8.13. The molecule has 1 aliphatic carbocycles. The molecule has 1 amide bonds. The minimum atomic E-state index is -0.935. The molecule has 5 nitrogen and oxygen atoms in total. The van der Waals surface area contributed by atoms with Crippen molar-refractivity contribution in [1.29, 1.82) is 0 Å². The molecule has 1 saturated carbocycles. The standard InChI is InChI=1S/C17H26N2O3/c1-10(2)17(4)16(22)18-14(19-17)13(11(3)15(20)21)12-8-6-5-7-9-12/h10,12H,5-9H2,1-4H3,(H,20,21)(H,18,19,22). The number of aliphatic imine (C=N–C) groups is 1. The first-order valence-electron chi connectivity index (χ1n) is 8.13. The summed E-state index contributed by atoms with van der Waals surface area (Å²) in [6.07, 6.45) is 5.33. The van der Waals surface area contributed by atoms with E-state index in [1.807, 2.05) is 20.8 Å². The van der Waals surface area contributed by atoms with E-state index in [-0.39, 0.29) is 17.7 Å². The Hall–Kier alpha value is -1.65. The Morgan fingerprint density at radius 1 is 1.32 bits per heavy atom. The third kappa shape index (κ3) is 2.94. The number of carboxylic acids is 1. The van der Waals surface area contributed by atoms with Gasteiger partial charge in [-0.3, -0.25) is 9.79 Å². The lowest BCUT2D eigenvalue weighted by Crippen LogP contribution is -2.41. The molecular weight excluding hydrogens is 280 g/mol. The molecule has 0 radical (unpaired) electrons. The van der Waals surface area contributed by atoms with Gasteiger partial charge in [0.05, 0.1) is 0 Å². The van der Waals surface area contributed by atoms with E-state index in [0.29, 0.717) is 11.4 Å². The van der Waals surface area contributed by atoms with Crippen LogP contribution >= 0.6 is 0 Å². The molecule has 2 N–H and O–H groups in total. The first kappa shape index (κ1) is 16.7. The van der Waals surface area contributed by atoms with Crippen molar-refractivity contribution < 1.29 is 14.7 Å². The molecular formula is C17H26N2O3. The zero-order valence-electron chi connectivity index (χ0n) is 13.9. The highest BCUT2D eigenvalue weighted by Gasteiger charge is 2.43. The quantitative estimate of drug-likeness (QED) is 0.784. The number of nitrogens with zero attached hydrogens (tertiary/aromatic N) is 1. The van der Waals surface area contributed by atoms with Crippen molar-refractivity contribution in [2.75, 3.05) is 0 Å². The topological polar surface area (TPSA) is 78.8 Å². The van der Waals surface area contributed by atoms with Gasteiger partial charge in [-0.1, -0.05) is 33.1 Å². The van der Waals surface area contributed by atoms with Crippen molar-refractivity contribution in [3.05, 3.63) is 11.1 Å². The van der Waals surface area contributed by atoms with Gasteiger partial charge in [0.1, 0.15) is 11.4 Å². The molecule has 1 fully saturated rings. The van der Waals surface area contributed by atoms with E-state index >= 15 is 0 Å². The predicted molar refractivity (Wildman–Crippen MR) is 85.7 cm³/mol. The molecule has 0 aromatic carbocycles. The Kier molecular flexibility index (Phi) is 4.73. The van der Waals surface area contributed by atoms with E-state index in [9.17, 15) is 14.7 Å². The van der Waals surface area contributed by atoms with Crippen LogP contribution in [0.25, 0.3) is 0 Å². The number of hydrogen-bond acceptors (Lipinski definition) is 3. The Labute approximate surface area is 131 Å². The predicted octanol–water partition coefficient (Wildman–Crippen LogP) is 2.91. The van der Waals surface area contributed by atoms with Gasteiger partial charge < -0.3 is 10.4 Å². The third-order valence-electron chi connectivity index (χ3n) is 5.15. The van der Waals surface area contributed by atoms with Gasteiger partial charge in [0.2, 0.25) is 0 Å². The van der Waals surface area contributed by atoms with Gasteiger partial charge in [-0.05, 0) is 38.5 Å². The fourth-order valence-electron chi connectivity index (χ4n) is 3.25. The number of amidine groups is 1. The summed E-state index contributed by atoms with van der Waals surface area (Å²) in [7, 11) is 0. The maximum atomic E-state index is 12.3. The fraction of sp³-hybridized carbons (Fsp3) is 0.706. The molecule has 122 valence electrons. The highest BCUT2D eigenvalue weighted by molar-refractivity contribution is 6.17. The largest absolute Gasteiger partial charge is 0.478 e. The summed E-state index contributed by atoms with van der Waals surface area (Å²) in [5, 5.41) is 12.3. The number of aliphatic carboxylic acids is 1. The molecule has 1 unspecified atom stereocenters. The Morgan fingerprint density at radius 2 is 1.91 bits per heavy atom. The molecule has 1 atom stereocenters. The molecule has 5 heteroatoms. The van der Waals surface area contributed by atoms with Gasteiger partial charge in [-0.15, -0.1) is 0 Å². The Bertz CT molecular complexity index is 542. The SMILES string of the molecule is CC(C(=O)O)=C(C1=NC(C)(C(C)C)C(=O)N1)C1CCCCC1. The van der Waals surface area contributed by atoms with E-state index in [1.165, 1.54) is 6.42 Å². The lowest BCUT2D eigenvalue weighted by molar-refractivity contribution is -0.132. The van der Waals surface area contributed by atoms with E-state index in [0.717, 1.165) is 31.3 Å². The number of carbonyl (C=O) groups excluding carboxylic acids is 1. The van der Waals surface area contributed by atoms with Gasteiger partial charge in [0, 0.05) is 11.1 Å². The first-order chi connectivity index (χ1) is 10.3. The number of carboxylic acid groups (broad SMARTS) is 1. The average Bonchev–Trinajstić information content (AvgIpc) is 2.77. The number of hydrogen-bond donors (Lipinski definition) is 2. The molecule has 0 saturated heterocycles. The minimum absolute atomic E-state index is 0.0581. The lowest BCUT2D eigenvalue weighted by Gasteiger charge is -2.25. The highest BCUT2D eigenvalue weighted by Crippen LogP contribution is 2.35. The second-order valence-electron chi connectivity index (χ2n) is 6.90. The normalized spacial score (nSPS) is 27.5. The van der Waals surface area contributed by atoms with Crippen LogP contribution in [0.4, 0.5) is 0 Å². The van der Waals surface area contributed by atoms with Crippen molar-refractivity contribution in [3.8, 4) is 0 Å². The van der Waals surface area contributed by atoms with Crippen LogP contribution < -0.4 is 5.32 Å². The van der Waals surface area contributed by atoms with Crippen LogP contribution in [0.1, 0.15) is 59.8 Å². The van der Waals surface area contributed by atoms with Crippen LogP contribution in [-0.2, 0) is 9.59 Å². The molecule has 1 heterocycles. The van der Waals surface area contributed by atoms with Gasteiger partial charge in [0.25, 0.3) is 5.91 Å². The smallest absolute Gasteiger partial charge is 0.331 e. The lowest BCUT2D eigenvalue weighted by atomic mass is 9.81. The number of amides is 1. The van der Waals surface area contributed by atoms with Crippen LogP contribution in [0.3, 0.4) is 0 Å². The third-order valence-corrected chi connectivity index (χ3v) is 5.15. The van der Waals surface area contributed by atoms with Crippen LogP contribution in [0.15, 0.2) is 16.1 Å². The zero-order chi connectivity index (χ0) is 16.5. The van der Waals surface area contributed by atoms with Crippen molar-refractivity contribution >= 4 is 17.7 Å². The molecule has 22 heavy (non-hydrogen) atoms. The molecule has 0 aromatic rings. The summed E-state index contributed by atoms with van der Waals surface area (Å²) < 4.78 is 0. The van der Waals surface area contributed by atoms with E-state index in [2.05, 4.69) is 10.3 Å². The zero-order valence-corrected chi connectivity index (χ0v) is 13.9. The summed E-state index contributed by atoms with van der Waals surface area (Å²) in [5.74, 6) is -0.353. The maximum Gasteiger partial charge on any atom is 0.331 e. The monoisotopic (exact) mass is 306 g/mol. The molecule has 2 aliphatic rings. The van der Waals surface area contributed by atoms with Crippen molar-refractivity contribution in [2.24, 2.45) is 16.8 Å². The summed E-state index contributed by atoms with van der Waals surface area (Å²) in [6, 6.07) is 0. The minimum Gasteiger partial charge on any atom is -0.478 e. The molecule has 1 aliphatic heterocycles. The number of nitrogens with one attached hydrogen (secondary N) is 1. The number of rotatable bonds is 4. The van der Waals surface area contributed by atoms with Gasteiger partial charge >= 0.3 is 5.97 Å². The van der Waals surface area contributed by atoms with E-state index in [4.69, 9.17) is 0 Å². The van der Waals surface area contributed by atoms with Gasteiger partial charge in [-0.25, -0.2) is 4.79 Å². The molecule has 2 rings (SSSR count). The maximum absolute atomic E-state index is 12.3. The summed E-state index contributed by atoms with van der Waals surface area (Å²) in [5.41, 5.74) is 0.220. The van der Waals surface area contributed by atoms with Gasteiger partial charge in [0.15, 0.2) is 0 Å². The highest BCUT2D eigenvalue weighted by atomic mass is 16.4. The van der Waals surface area contributed by atoms with E-state index in [1.54, 1.807) is 6.92 Å². The Balaban J connectivity index is 2.45. The second kappa shape index (κ2) is 6.23. The van der Waals surface area contributed by atoms with Gasteiger partial charge in [-0.2, -0.15) is 0 Å². The van der Waals surface area contributed by atoms with Crippen molar-refractivity contribution in [1.82, 2.24) is 5.32 Å². The van der Waals surface area contributed by atoms with Crippen molar-refractivity contribution in [3.63, 3.8) is 0 Å². The molecule has 0 bridgehead atoms. The number of carbonyl (C=O) groups is 2. The van der Waals surface area contributed by atoms with Crippen LogP contribution in [0.5, 0.6) is 0 Å². The summed E-state index contributed by atoms with van der Waals surface area (Å²) >= 11 is 0. The molecule has 0 aromatic heterocycles. The Morgan fingerprint density at radius 3 is 2.36 bits per heavy atom. The van der Waals surface area contributed by atoms with E-state index < -0.39 is 11.5 Å². The van der Waals surface area contributed by atoms with Crippen molar-refractivity contribution in [2.45, 2.75) is 65.3 Å². The summed E-state index contributed by atoms with van der Waals surface area (Å²) in [6.45, 7) is 7.35. The van der Waals surface area contributed by atoms with Crippen LogP contribution in [-0.4, -0.2) is 28.4 Å². The fourth-order valence-corrected chi connectivity index (χ4v) is 3.25. The van der Waals surface area contributed by atoms with Crippen LogP contribution in [0.2, 0.25) is 0 Å². The summed E-state index contributed by atoms with van der Waals surface area (Å²) in [4.78, 5) is 28.4. The van der Waals surface area contributed by atoms with Crippen LogP contribution in [0, 0.1) is 11.8 Å².